The molecule has 20 heavy (non-hydrogen) atoms. The summed E-state index contributed by atoms with van der Waals surface area (Å²) >= 11 is 3.45. The highest BCUT2D eigenvalue weighted by Crippen LogP contribution is 2.26. The van der Waals surface area contributed by atoms with E-state index >= 15 is 0 Å². The van der Waals surface area contributed by atoms with E-state index in [1.54, 1.807) is 16.7 Å². The van der Waals surface area contributed by atoms with Crippen LogP contribution < -0.4 is 0 Å². The van der Waals surface area contributed by atoms with E-state index in [2.05, 4.69) is 22.0 Å². The second kappa shape index (κ2) is 5.05. The first kappa shape index (κ1) is 13.9. The Labute approximate surface area is 127 Å². The van der Waals surface area contributed by atoms with E-state index in [0.717, 1.165) is 16.5 Å². The Morgan fingerprint density at radius 3 is 2.70 bits per heavy atom. The van der Waals surface area contributed by atoms with Crippen LogP contribution in [0.25, 0.3) is 0 Å². The van der Waals surface area contributed by atoms with Crippen molar-refractivity contribution in [2.45, 2.75) is 13.0 Å². The molecule has 0 unspecified atom stereocenters. The molecule has 0 N–H and O–H groups in total. The van der Waals surface area contributed by atoms with Crippen LogP contribution in [0.5, 0.6) is 0 Å². The zero-order chi connectivity index (χ0) is 14.3. The molecule has 0 amide bonds. The largest absolute Gasteiger partial charge is 0.361 e. The number of fused-ring (bicyclic) bond motifs is 1. The van der Waals surface area contributed by atoms with E-state index in [1.165, 1.54) is 9.87 Å². The van der Waals surface area contributed by atoms with Gasteiger partial charge in [0.1, 0.15) is 6.67 Å². The number of halogens is 1. The van der Waals surface area contributed by atoms with Crippen molar-refractivity contribution in [1.29, 1.82) is 0 Å². The molecule has 1 aromatic carbocycles. The van der Waals surface area contributed by atoms with E-state index in [-0.39, 0.29) is 0 Å². The maximum absolute atomic E-state index is 12.6. The lowest BCUT2D eigenvalue weighted by Crippen LogP contribution is -2.44. The van der Waals surface area contributed by atoms with Gasteiger partial charge in [-0.25, -0.2) is 4.31 Å². The van der Waals surface area contributed by atoms with Crippen molar-refractivity contribution in [3.05, 3.63) is 46.2 Å². The molecule has 0 saturated heterocycles. The summed E-state index contributed by atoms with van der Waals surface area (Å²) in [7, 11) is -1.56. The average Bonchev–Trinajstić information content (AvgIpc) is 2.85. The van der Waals surface area contributed by atoms with Crippen molar-refractivity contribution in [3.8, 4) is 0 Å². The third-order valence-electron chi connectivity index (χ3n) is 3.62. The van der Waals surface area contributed by atoms with Crippen LogP contribution in [0.15, 0.2) is 35.1 Å². The van der Waals surface area contributed by atoms with Crippen molar-refractivity contribution in [1.82, 2.24) is 13.5 Å². The first-order chi connectivity index (χ1) is 9.46. The topological polar surface area (TPSA) is 43.9 Å². The summed E-state index contributed by atoms with van der Waals surface area (Å²) in [6, 6.07) is 6.02. The van der Waals surface area contributed by atoms with Crippen molar-refractivity contribution >= 4 is 26.1 Å². The zero-order valence-electron chi connectivity index (χ0n) is 11.2. The highest BCUT2D eigenvalue weighted by atomic mass is 79.9. The predicted octanol–water partition coefficient (Wildman–Crippen LogP) is 1.73. The molecular weight excluding hydrogens is 342 g/mol. The molecule has 0 saturated carbocycles. The molecule has 108 valence electrons. The highest BCUT2D eigenvalue weighted by Gasteiger charge is 2.32. The molecule has 0 radical (unpaired) electrons. The molecule has 0 bridgehead atoms. The number of benzene rings is 1. The summed E-state index contributed by atoms with van der Waals surface area (Å²) in [5.41, 5.74) is 2.31. The van der Waals surface area contributed by atoms with E-state index in [0.29, 0.717) is 19.8 Å². The van der Waals surface area contributed by atoms with Crippen LogP contribution in [0.4, 0.5) is 0 Å². The molecule has 0 fully saturated rings. The molecule has 0 aromatic heterocycles. The standard InChI is InChI=1S/C13H16BrN3O2S/c1-15-6-7-17(10-15)20(18,19)16-5-4-11-8-13(14)3-2-12(11)9-16/h2-3,6-8H,4-5,9-10H2,1H3. The molecule has 7 heteroatoms. The van der Waals surface area contributed by atoms with Gasteiger partial charge in [-0.2, -0.15) is 12.7 Å². The SMILES string of the molecule is CN1C=CN(S(=O)(=O)N2CCc3cc(Br)ccc3C2)C1. The monoisotopic (exact) mass is 357 g/mol. The van der Waals surface area contributed by atoms with Gasteiger partial charge < -0.3 is 4.90 Å². The Morgan fingerprint density at radius 2 is 2.00 bits per heavy atom. The molecule has 0 aliphatic carbocycles. The Balaban J connectivity index is 1.83. The smallest absolute Gasteiger partial charge is 0.305 e. The van der Waals surface area contributed by atoms with Crippen LogP contribution in [-0.2, 0) is 23.2 Å². The van der Waals surface area contributed by atoms with Crippen molar-refractivity contribution in [2.75, 3.05) is 20.3 Å². The highest BCUT2D eigenvalue weighted by molar-refractivity contribution is 9.10. The second-order valence-electron chi connectivity index (χ2n) is 5.09. The van der Waals surface area contributed by atoms with Gasteiger partial charge in [0.15, 0.2) is 0 Å². The molecule has 0 spiro atoms. The number of rotatable bonds is 2. The lowest BCUT2D eigenvalue weighted by Gasteiger charge is -2.31. The van der Waals surface area contributed by atoms with Gasteiger partial charge in [0.2, 0.25) is 0 Å². The van der Waals surface area contributed by atoms with E-state index < -0.39 is 10.2 Å². The molecule has 0 atom stereocenters. The Morgan fingerprint density at radius 1 is 1.20 bits per heavy atom. The first-order valence-corrected chi connectivity index (χ1v) is 8.58. The van der Waals surface area contributed by atoms with Crippen LogP contribution >= 0.6 is 15.9 Å². The third-order valence-corrected chi connectivity index (χ3v) is 5.91. The second-order valence-corrected chi connectivity index (χ2v) is 7.88. The van der Waals surface area contributed by atoms with Gasteiger partial charge in [-0.05, 0) is 29.7 Å². The number of hydrogen-bond acceptors (Lipinski definition) is 3. The Hall–Kier alpha value is -1.05. The fourth-order valence-electron chi connectivity index (χ4n) is 2.49. The lowest BCUT2D eigenvalue weighted by atomic mass is 10.0. The summed E-state index contributed by atoms with van der Waals surface area (Å²) in [4.78, 5) is 1.84. The Kier molecular flexibility index (Phi) is 3.51. The van der Waals surface area contributed by atoms with Crippen molar-refractivity contribution in [3.63, 3.8) is 0 Å². The zero-order valence-corrected chi connectivity index (χ0v) is 13.6. The van der Waals surface area contributed by atoms with Crippen molar-refractivity contribution < 1.29 is 8.42 Å². The average molecular weight is 358 g/mol. The molecule has 1 aromatic rings. The van der Waals surface area contributed by atoms with E-state index in [9.17, 15) is 8.42 Å². The van der Waals surface area contributed by atoms with Crippen LogP contribution in [-0.4, -0.2) is 42.2 Å². The van der Waals surface area contributed by atoms with E-state index in [4.69, 9.17) is 0 Å². The molecule has 3 rings (SSSR count). The number of nitrogens with zero attached hydrogens (tertiary/aromatic N) is 3. The minimum absolute atomic E-state index is 0.381. The van der Waals surface area contributed by atoms with Crippen LogP contribution in [0.1, 0.15) is 11.1 Å². The Bertz CT molecular complexity index is 660. The molecule has 2 heterocycles. The summed E-state index contributed by atoms with van der Waals surface area (Å²) < 4.78 is 29.1. The van der Waals surface area contributed by atoms with Gasteiger partial charge in [0.25, 0.3) is 0 Å². The quantitative estimate of drug-likeness (QED) is 0.809. The summed E-state index contributed by atoms with van der Waals surface area (Å²) in [6.07, 6.45) is 4.14. The molecule has 5 nitrogen and oxygen atoms in total. The van der Waals surface area contributed by atoms with Crippen LogP contribution in [0.3, 0.4) is 0 Å². The summed E-state index contributed by atoms with van der Waals surface area (Å²) in [6.45, 7) is 1.35. The maximum Gasteiger partial charge on any atom is 0.305 e. The van der Waals surface area contributed by atoms with Gasteiger partial charge >= 0.3 is 10.2 Å². The van der Waals surface area contributed by atoms with E-state index in [1.807, 2.05) is 24.1 Å². The first-order valence-electron chi connectivity index (χ1n) is 6.39. The van der Waals surface area contributed by atoms with Gasteiger partial charge in [-0.1, -0.05) is 22.0 Å². The minimum atomic E-state index is -3.42. The summed E-state index contributed by atoms with van der Waals surface area (Å²) in [5, 5.41) is 0. The van der Waals surface area contributed by atoms with Crippen LogP contribution in [0, 0.1) is 0 Å². The molecule has 2 aliphatic rings. The fourth-order valence-corrected chi connectivity index (χ4v) is 4.36. The maximum atomic E-state index is 12.6. The summed E-state index contributed by atoms with van der Waals surface area (Å²) in [5.74, 6) is 0. The molecular formula is C13H16BrN3O2S. The van der Waals surface area contributed by atoms with Gasteiger partial charge in [0, 0.05) is 37.0 Å². The normalized spacial score (nSPS) is 19.5. The minimum Gasteiger partial charge on any atom is -0.361 e. The molecule has 2 aliphatic heterocycles. The van der Waals surface area contributed by atoms with Gasteiger partial charge in [0.05, 0.1) is 0 Å². The fraction of sp³-hybridized carbons (Fsp3) is 0.385. The van der Waals surface area contributed by atoms with Gasteiger partial charge in [-0.3, -0.25) is 0 Å². The lowest BCUT2D eigenvalue weighted by molar-refractivity contribution is 0.327. The third kappa shape index (κ3) is 2.45. The van der Waals surface area contributed by atoms with Crippen LogP contribution in [0.2, 0.25) is 0 Å². The predicted molar refractivity (Wildman–Crippen MR) is 80.8 cm³/mol. The van der Waals surface area contributed by atoms with Gasteiger partial charge in [-0.15, -0.1) is 0 Å². The number of hydrogen-bond donors (Lipinski definition) is 0. The van der Waals surface area contributed by atoms with Crippen molar-refractivity contribution in [2.24, 2.45) is 0 Å².